The molecule has 1 aromatic carbocycles. The molecule has 1 atom stereocenters. The number of rotatable bonds is 8. The Kier molecular flexibility index (Phi) is 7.43. The van der Waals surface area contributed by atoms with Crippen LogP contribution in [0.25, 0.3) is 0 Å². The minimum absolute atomic E-state index is 0.0779. The van der Waals surface area contributed by atoms with Gasteiger partial charge in [0.25, 0.3) is 10.1 Å². The fourth-order valence-electron chi connectivity index (χ4n) is 1.70. The first kappa shape index (κ1) is 20.0. The fraction of sp³-hybridized carbons (Fsp3) is 0.538. The minimum atomic E-state index is -4.12. The smallest absolute Gasteiger partial charge is 0.300 e. The molecule has 0 aliphatic rings. The van der Waals surface area contributed by atoms with Gasteiger partial charge in [0, 0.05) is 11.6 Å². The molecule has 1 rings (SSSR count). The third-order valence-corrected chi connectivity index (χ3v) is 6.86. The van der Waals surface area contributed by atoms with E-state index < -0.39 is 23.8 Å². The highest BCUT2D eigenvalue weighted by Gasteiger charge is 2.28. The number of benzene rings is 1. The molecule has 0 saturated heterocycles. The van der Waals surface area contributed by atoms with Crippen molar-refractivity contribution in [2.24, 2.45) is 0 Å². The van der Waals surface area contributed by atoms with Gasteiger partial charge in [0.2, 0.25) is 7.37 Å². The second kappa shape index (κ2) is 8.18. The Hall–Kier alpha value is -0.0400. The fourth-order valence-corrected chi connectivity index (χ4v) is 6.44. The summed E-state index contributed by atoms with van der Waals surface area (Å²) in [6, 6.07) is 4.81. The van der Waals surface area contributed by atoms with E-state index in [0.29, 0.717) is 10.6 Å². The lowest BCUT2D eigenvalue weighted by molar-refractivity contribution is 0.230. The quantitative estimate of drug-likeness (QED) is 0.373. The Morgan fingerprint density at radius 2 is 2.00 bits per heavy atom. The van der Waals surface area contributed by atoms with Gasteiger partial charge in [-0.1, -0.05) is 24.6 Å². The molecule has 0 heterocycles. The molecule has 22 heavy (non-hydrogen) atoms. The average Bonchev–Trinajstić information content (AvgIpc) is 2.35. The van der Waals surface area contributed by atoms with E-state index in [1.807, 2.05) is 6.92 Å². The van der Waals surface area contributed by atoms with Crippen LogP contribution in [0.4, 0.5) is 0 Å². The molecule has 0 aromatic heterocycles. The summed E-state index contributed by atoms with van der Waals surface area (Å²) in [5.74, 6) is 0.686. The lowest BCUT2D eigenvalue weighted by Crippen LogP contribution is -2.12. The summed E-state index contributed by atoms with van der Waals surface area (Å²) < 4.78 is 47.1. The molecule has 0 N–H and O–H groups in total. The third kappa shape index (κ3) is 5.87. The highest BCUT2D eigenvalue weighted by Crippen LogP contribution is 2.45. The lowest BCUT2D eigenvalue weighted by Gasteiger charge is -2.17. The monoisotopic (exact) mass is 386 g/mol. The zero-order valence-corrected chi connectivity index (χ0v) is 16.2. The Bertz CT molecular complexity index is 660. The predicted molar refractivity (Wildman–Crippen MR) is 90.7 cm³/mol. The topological polar surface area (TPSA) is 69.7 Å². The molecule has 0 aliphatic heterocycles. The molecule has 1 unspecified atom stereocenters. The van der Waals surface area contributed by atoms with Crippen LogP contribution >= 0.6 is 30.7 Å². The number of hydrogen-bond donors (Lipinski definition) is 0. The van der Waals surface area contributed by atoms with Crippen LogP contribution in [0.2, 0.25) is 5.02 Å². The summed E-state index contributed by atoms with van der Waals surface area (Å²) in [7, 11) is -7.28. The van der Waals surface area contributed by atoms with Crippen LogP contribution < -0.4 is 0 Å². The van der Waals surface area contributed by atoms with Gasteiger partial charge in [-0.05, 0) is 31.7 Å². The Labute approximate surface area is 141 Å². The van der Waals surface area contributed by atoms with Crippen molar-refractivity contribution in [1.82, 2.24) is 0 Å². The minimum Gasteiger partial charge on any atom is -0.324 e. The van der Waals surface area contributed by atoms with Crippen LogP contribution in [-0.4, -0.2) is 33.3 Å². The maximum Gasteiger partial charge on any atom is 0.300 e. The molecule has 0 aliphatic carbocycles. The van der Waals surface area contributed by atoms with Gasteiger partial charge >= 0.3 is 0 Å². The van der Waals surface area contributed by atoms with E-state index in [2.05, 4.69) is 0 Å². The highest BCUT2D eigenvalue weighted by atomic mass is 35.5. The molecule has 1 aromatic rings. The van der Waals surface area contributed by atoms with E-state index in [4.69, 9.17) is 20.3 Å². The van der Waals surface area contributed by atoms with Crippen molar-refractivity contribution in [3.05, 3.63) is 23.2 Å². The van der Waals surface area contributed by atoms with Gasteiger partial charge in [-0.15, -0.1) is 11.8 Å². The standard InChI is InChI=1S/C13H20ClO5PS2/c1-5-21-12-8-6-7-11(14)13(12)22(16,17)18-9-20(4,15)19-10(2)3/h6-8,10H,5,9H2,1-4H3. The summed E-state index contributed by atoms with van der Waals surface area (Å²) in [6.07, 6.45) is -0.803. The molecule has 0 fully saturated rings. The first-order valence-electron chi connectivity index (χ1n) is 6.64. The van der Waals surface area contributed by atoms with Crippen molar-refractivity contribution in [3.63, 3.8) is 0 Å². The lowest BCUT2D eigenvalue weighted by atomic mass is 10.4. The maximum absolute atomic E-state index is 12.4. The summed E-state index contributed by atoms with van der Waals surface area (Å²) in [5.41, 5.74) is 0. The van der Waals surface area contributed by atoms with Crippen molar-refractivity contribution < 1.29 is 21.7 Å². The van der Waals surface area contributed by atoms with Crippen LogP contribution in [0.5, 0.6) is 0 Å². The van der Waals surface area contributed by atoms with Crippen molar-refractivity contribution in [2.45, 2.75) is 36.7 Å². The van der Waals surface area contributed by atoms with Crippen LogP contribution in [0.15, 0.2) is 28.0 Å². The molecule has 0 bridgehead atoms. The predicted octanol–water partition coefficient (Wildman–Crippen LogP) is 4.45. The molecule has 0 saturated carbocycles. The van der Waals surface area contributed by atoms with Crippen molar-refractivity contribution in [3.8, 4) is 0 Å². The number of thioether (sulfide) groups is 1. The van der Waals surface area contributed by atoms with Gasteiger partial charge in [0.15, 0.2) is 0 Å². The van der Waals surface area contributed by atoms with Crippen molar-refractivity contribution in [1.29, 1.82) is 0 Å². The second-order valence-corrected chi connectivity index (χ2v) is 10.6. The number of hydrogen-bond acceptors (Lipinski definition) is 6. The summed E-state index contributed by atoms with van der Waals surface area (Å²) in [4.78, 5) is 0.416. The van der Waals surface area contributed by atoms with Gasteiger partial charge < -0.3 is 4.52 Å². The molecule has 9 heteroatoms. The average molecular weight is 387 g/mol. The molecule has 5 nitrogen and oxygen atoms in total. The van der Waals surface area contributed by atoms with Crippen LogP contribution in [0.1, 0.15) is 20.8 Å². The number of halogens is 1. The van der Waals surface area contributed by atoms with E-state index in [1.54, 1.807) is 26.0 Å². The Balaban J connectivity index is 3.03. The zero-order valence-electron chi connectivity index (χ0n) is 12.9. The summed E-state index contributed by atoms with van der Waals surface area (Å²) >= 11 is 7.35. The Morgan fingerprint density at radius 3 is 2.55 bits per heavy atom. The van der Waals surface area contributed by atoms with E-state index in [-0.39, 0.29) is 16.0 Å². The molecule has 0 radical (unpaired) electrons. The van der Waals surface area contributed by atoms with Crippen LogP contribution in [-0.2, 0) is 23.4 Å². The first-order chi connectivity index (χ1) is 10.1. The van der Waals surface area contributed by atoms with Gasteiger partial charge in [-0.25, -0.2) is 0 Å². The van der Waals surface area contributed by atoms with E-state index >= 15 is 0 Å². The molecule has 126 valence electrons. The van der Waals surface area contributed by atoms with Crippen molar-refractivity contribution >= 4 is 40.8 Å². The normalized spacial score (nSPS) is 15.0. The maximum atomic E-state index is 12.4. The third-order valence-electron chi connectivity index (χ3n) is 2.36. The van der Waals surface area contributed by atoms with Crippen LogP contribution in [0, 0.1) is 0 Å². The van der Waals surface area contributed by atoms with E-state index in [0.717, 1.165) is 0 Å². The highest BCUT2D eigenvalue weighted by molar-refractivity contribution is 8.00. The van der Waals surface area contributed by atoms with Gasteiger partial charge in [-0.2, -0.15) is 8.42 Å². The van der Waals surface area contributed by atoms with Gasteiger partial charge in [-0.3, -0.25) is 8.75 Å². The molecule has 0 amide bonds. The second-order valence-electron chi connectivity index (χ2n) is 4.87. The van der Waals surface area contributed by atoms with Crippen molar-refractivity contribution in [2.75, 3.05) is 18.8 Å². The first-order valence-corrected chi connectivity index (χ1v) is 11.7. The summed E-state index contributed by atoms with van der Waals surface area (Å²) in [6.45, 7) is 6.68. The largest absolute Gasteiger partial charge is 0.324 e. The van der Waals surface area contributed by atoms with Gasteiger partial charge in [0.1, 0.15) is 11.2 Å². The molecular formula is C13H20ClO5PS2. The van der Waals surface area contributed by atoms with Gasteiger partial charge in [0.05, 0.1) is 11.1 Å². The van der Waals surface area contributed by atoms with Crippen LogP contribution in [0.3, 0.4) is 0 Å². The van der Waals surface area contributed by atoms with E-state index in [1.165, 1.54) is 24.5 Å². The zero-order chi connectivity index (χ0) is 17.0. The SMILES string of the molecule is CCSc1cccc(Cl)c1S(=O)(=O)OCP(C)(=O)OC(C)C. The molecule has 0 spiro atoms. The molecular weight excluding hydrogens is 367 g/mol. The summed E-state index contributed by atoms with van der Waals surface area (Å²) in [5, 5.41) is 0.0779. The van der Waals surface area contributed by atoms with E-state index in [9.17, 15) is 13.0 Å². The Morgan fingerprint density at radius 1 is 1.36 bits per heavy atom.